The maximum atomic E-state index is 11.3. The second kappa shape index (κ2) is 4.37. The molecule has 0 aromatic carbocycles. The van der Waals surface area contributed by atoms with Crippen LogP contribution in [0.15, 0.2) is 4.52 Å². The molecular weight excluding hydrogens is 204 g/mol. The second-order valence-corrected chi connectivity index (χ2v) is 4.62. The molecule has 4 nitrogen and oxygen atoms in total. The van der Waals surface area contributed by atoms with E-state index >= 15 is 0 Å². The third-order valence-electron chi connectivity index (χ3n) is 3.37. The first-order chi connectivity index (χ1) is 7.58. The maximum Gasteiger partial charge on any atom is 0.138 e. The number of ketones is 1. The van der Waals surface area contributed by atoms with E-state index in [0.29, 0.717) is 24.7 Å². The molecule has 1 aliphatic heterocycles. The van der Waals surface area contributed by atoms with Crippen LogP contribution >= 0.6 is 0 Å². The van der Waals surface area contributed by atoms with Gasteiger partial charge in [-0.3, -0.25) is 9.69 Å². The van der Waals surface area contributed by atoms with Crippen LogP contribution in [-0.2, 0) is 11.3 Å². The minimum atomic E-state index is 0.329. The van der Waals surface area contributed by atoms with Gasteiger partial charge >= 0.3 is 0 Å². The molecule has 2 heterocycles. The van der Waals surface area contributed by atoms with Crippen LogP contribution < -0.4 is 0 Å². The Bertz CT molecular complexity index is 378. The van der Waals surface area contributed by atoms with E-state index in [1.807, 2.05) is 13.8 Å². The Balaban J connectivity index is 2.07. The zero-order valence-corrected chi connectivity index (χ0v) is 10.1. The predicted molar refractivity (Wildman–Crippen MR) is 60.1 cm³/mol. The van der Waals surface area contributed by atoms with E-state index in [9.17, 15) is 4.79 Å². The van der Waals surface area contributed by atoms with Crippen LogP contribution in [-0.4, -0.2) is 28.4 Å². The van der Waals surface area contributed by atoms with E-state index < -0.39 is 0 Å². The summed E-state index contributed by atoms with van der Waals surface area (Å²) in [5.41, 5.74) is 2.13. The molecule has 1 unspecified atom stereocenters. The Hall–Kier alpha value is -1.16. The normalized spacial score (nSPS) is 22.7. The molecule has 1 aliphatic rings. The number of likely N-dealkylation sites (tertiary alicyclic amines) is 1. The molecule has 0 N–H and O–H groups in total. The highest BCUT2D eigenvalue weighted by atomic mass is 16.5. The van der Waals surface area contributed by atoms with Gasteiger partial charge < -0.3 is 4.52 Å². The van der Waals surface area contributed by atoms with Crippen molar-refractivity contribution in [2.24, 2.45) is 0 Å². The van der Waals surface area contributed by atoms with E-state index in [2.05, 4.69) is 17.0 Å². The molecule has 0 radical (unpaired) electrons. The first kappa shape index (κ1) is 11.3. The zero-order chi connectivity index (χ0) is 11.7. The molecule has 1 atom stereocenters. The first-order valence-corrected chi connectivity index (χ1v) is 5.75. The number of aryl methyl sites for hydroxylation is 2. The Morgan fingerprint density at radius 2 is 2.25 bits per heavy atom. The summed E-state index contributed by atoms with van der Waals surface area (Å²) >= 11 is 0. The molecular formula is C12H18N2O2. The van der Waals surface area contributed by atoms with Crippen molar-refractivity contribution in [1.82, 2.24) is 10.1 Å². The molecule has 1 aromatic heterocycles. The monoisotopic (exact) mass is 222 g/mol. The maximum absolute atomic E-state index is 11.3. The Morgan fingerprint density at radius 1 is 1.50 bits per heavy atom. The van der Waals surface area contributed by atoms with Crippen molar-refractivity contribution in [3.8, 4) is 0 Å². The van der Waals surface area contributed by atoms with Crippen LogP contribution in [0.4, 0.5) is 0 Å². The molecule has 88 valence electrons. The van der Waals surface area contributed by atoms with E-state index in [4.69, 9.17) is 4.52 Å². The minimum absolute atomic E-state index is 0.329. The number of Topliss-reactive ketones (excluding diaryl/α,β-unsaturated/α-hetero) is 1. The Kier molecular flexibility index (Phi) is 3.10. The van der Waals surface area contributed by atoms with Gasteiger partial charge in [-0.1, -0.05) is 5.16 Å². The van der Waals surface area contributed by atoms with E-state index in [-0.39, 0.29) is 0 Å². The van der Waals surface area contributed by atoms with Crippen molar-refractivity contribution in [2.45, 2.75) is 46.2 Å². The average Bonchev–Trinajstić information content (AvgIpc) is 2.53. The first-order valence-electron chi connectivity index (χ1n) is 5.75. The number of carbonyl (C=O) groups is 1. The standard InChI is InChI=1S/C12H18N2O2/c1-8-6-11(15)4-5-14(8)7-12-9(2)13-16-10(12)3/h8H,4-7H2,1-3H3. The molecule has 1 saturated heterocycles. The largest absolute Gasteiger partial charge is 0.361 e. The van der Waals surface area contributed by atoms with Crippen LogP contribution in [0.2, 0.25) is 0 Å². The van der Waals surface area contributed by atoms with Crippen molar-refractivity contribution in [2.75, 3.05) is 6.54 Å². The summed E-state index contributed by atoms with van der Waals surface area (Å²) in [4.78, 5) is 13.6. The summed E-state index contributed by atoms with van der Waals surface area (Å²) in [6.45, 7) is 7.70. The topological polar surface area (TPSA) is 46.3 Å². The van der Waals surface area contributed by atoms with Gasteiger partial charge in [-0.05, 0) is 20.8 Å². The molecule has 0 spiro atoms. The average molecular weight is 222 g/mol. The molecule has 0 saturated carbocycles. The molecule has 0 amide bonds. The molecule has 2 rings (SSSR count). The molecule has 16 heavy (non-hydrogen) atoms. The highest BCUT2D eigenvalue weighted by Gasteiger charge is 2.25. The fourth-order valence-electron chi connectivity index (χ4n) is 2.21. The molecule has 1 aromatic rings. The number of carbonyl (C=O) groups excluding carboxylic acids is 1. The van der Waals surface area contributed by atoms with Crippen molar-refractivity contribution in [3.63, 3.8) is 0 Å². The Labute approximate surface area is 95.6 Å². The summed E-state index contributed by atoms with van der Waals surface area (Å²) in [6, 6.07) is 0.329. The van der Waals surface area contributed by atoms with Gasteiger partial charge in [0.15, 0.2) is 0 Å². The van der Waals surface area contributed by atoms with E-state index in [1.54, 1.807) is 0 Å². The summed E-state index contributed by atoms with van der Waals surface area (Å²) in [5.74, 6) is 1.27. The third-order valence-corrected chi connectivity index (χ3v) is 3.37. The summed E-state index contributed by atoms with van der Waals surface area (Å²) < 4.78 is 5.15. The summed E-state index contributed by atoms with van der Waals surface area (Å²) in [6.07, 6.45) is 1.34. The lowest BCUT2D eigenvalue weighted by Gasteiger charge is -2.32. The van der Waals surface area contributed by atoms with Crippen LogP contribution in [0.1, 0.15) is 36.8 Å². The number of aromatic nitrogens is 1. The van der Waals surface area contributed by atoms with Gasteiger partial charge in [-0.25, -0.2) is 0 Å². The molecule has 1 fully saturated rings. The lowest BCUT2D eigenvalue weighted by atomic mass is 10.0. The lowest BCUT2D eigenvalue weighted by molar-refractivity contribution is -0.123. The van der Waals surface area contributed by atoms with E-state index in [1.165, 1.54) is 5.56 Å². The smallest absolute Gasteiger partial charge is 0.138 e. The summed E-state index contributed by atoms with van der Waals surface area (Å²) in [7, 11) is 0. The fourth-order valence-corrected chi connectivity index (χ4v) is 2.21. The van der Waals surface area contributed by atoms with Gasteiger partial charge in [-0.2, -0.15) is 0 Å². The third kappa shape index (κ3) is 2.16. The fraction of sp³-hybridized carbons (Fsp3) is 0.667. The second-order valence-electron chi connectivity index (χ2n) is 4.62. The van der Waals surface area contributed by atoms with Gasteiger partial charge in [0.25, 0.3) is 0 Å². The SMILES string of the molecule is Cc1noc(C)c1CN1CCC(=O)CC1C. The van der Waals surface area contributed by atoms with Gasteiger partial charge in [0.1, 0.15) is 11.5 Å². The van der Waals surface area contributed by atoms with Gasteiger partial charge in [0.2, 0.25) is 0 Å². The van der Waals surface area contributed by atoms with Crippen molar-refractivity contribution in [3.05, 3.63) is 17.0 Å². The highest BCUT2D eigenvalue weighted by molar-refractivity contribution is 5.79. The van der Waals surface area contributed by atoms with Crippen LogP contribution in [0.3, 0.4) is 0 Å². The molecule has 0 aliphatic carbocycles. The van der Waals surface area contributed by atoms with E-state index in [0.717, 1.165) is 24.5 Å². The highest BCUT2D eigenvalue weighted by Crippen LogP contribution is 2.20. The van der Waals surface area contributed by atoms with Crippen molar-refractivity contribution >= 4 is 5.78 Å². The number of nitrogens with zero attached hydrogens (tertiary/aromatic N) is 2. The van der Waals surface area contributed by atoms with Gasteiger partial charge in [-0.15, -0.1) is 0 Å². The predicted octanol–water partition coefficient (Wildman–Crippen LogP) is 1.84. The van der Waals surface area contributed by atoms with Crippen molar-refractivity contribution in [1.29, 1.82) is 0 Å². The lowest BCUT2D eigenvalue weighted by Crippen LogP contribution is -2.40. The Morgan fingerprint density at radius 3 is 2.81 bits per heavy atom. The van der Waals surface area contributed by atoms with Crippen LogP contribution in [0, 0.1) is 13.8 Å². The number of piperidine rings is 1. The van der Waals surface area contributed by atoms with Crippen LogP contribution in [0.5, 0.6) is 0 Å². The number of hydrogen-bond donors (Lipinski definition) is 0. The molecule has 0 bridgehead atoms. The quantitative estimate of drug-likeness (QED) is 0.766. The van der Waals surface area contributed by atoms with Crippen LogP contribution in [0.25, 0.3) is 0 Å². The van der Waals surface area contributed by atoms with Gasteiger partial charge in [0, 0.05) is 37.5 Å². The minimum Gasteiger partial charge on any atom is -0.361 e. The van der Waals surface area contributed by atoms with Crippen molar-refractivity contribution < 1.29 is 9.32 Å². The molecule has 4 heteroatoms. The number of rotatable bonds is 2. The summed E-state index contributed by atoms with van der Waals surface area (Å²) in [5, 5.41) is 3.95. The zero-order valence-electron chi connectivity index (χ0n) is 10.1. The number of hydrogen-bond acceptors (Lipinski definition) is 4. The van der Waals surface area contributed by atoms with Gasteiger partial charge in [0.05, 0.1) is 5.69 Å².